The van der Waals surface area contributed by atoms with Crippen LogP contribution < -0.4 is 21.3 Å². The highest BCUT2D eigenvalue weighted by atomic mass is 19.1. The number of nitrogens with two attached hydrogens (primary N) is 1. The number of nitrogen functional groups attached to an aromatic ring is 1. The molecule has 188 valence electrons. The van der Waals surface area contributed by atoms with E-state index in [1.807, 2.05) is 6.07 Å². The summed E-state index contributed by atoms with van der Waals surface area (Å²) in [7, 11) is 1.53. The lowest BCUT2D eigenvalue weighted by molar-refractivity contribution is 0.413. The van der Waals surface area contributed by atoms with Crippen LogP contribution in [-0.4, -0.2) is 31.6 Å². The van der Waals surface area contributed by atoms with E-state index < -0.39 is 17.4 Å². The Labute approximate surface area is 216 Å². The Kier molecular flexibility index (Phi) is 6.37. The van der Waals surface area contributed by atoms with Gasteiger partial charge in [0.1, 0.15) is 34.8 Å². The van der Waals surface area contributed by atoms with Crippen molar-refractivity contribution in [2.75, 3.05) is 18.2 Å². The molecule has 0 fully saturated rings. The van der Waals surface area contributed by atoms with Gasteiger partial charge in [0.2, 0.25) is 5.95 Å². The van der Waals surface area contributed by atoms with Crippen LogP contribution in [0.3, 0.4) is 0 Å². The van der Waals surface area contributed by atoms with Crippen LogP contribution in [0.1, 0.15) is 24.4 Å². The topological polar surface area (TPSA) is 145 Å². The number of aromatic nitrogens is 5. The third kappa shape index (κ3) is 4.46. The average Bonchev–Trinajstić information content (AvgIpc) is 2.92. The normalized spacial score (nSPS) is 11.6. The van der Waals surface area contributed by atoms with Crippen LogP contribution in [0.2, 0.25) is 0 Å². The van der Waals surface area contributed by atoms with Gasteiger partial charge in [-0.2, -0.15) is 10.2 Å². The first-order chi connectivity index (χ1) is 18.4. The van der Waals surface area contributed by atoms with Crippen molar-refractivity contribution < 1.29 is 9.13 Å². The zero-order valence-corrected chi connectivity index (χ0v) is 20.4. The van der Waals surface area contributed by atoms with Gasteiger partial charge < -0.3 is 15.8 Å². The number of rotatable bonds is 6. The van der Waals surface area contributed by atoms with Gasteiger partial charge in [-0.3, -0.25) is 14.3 Å². The summed E-state index contributed by atoms with van der Waals surface area (Å²) in [5, 5.41) is 12.9. The van der Waals surface area contributed by atoms with E-state index in [1.54, 1.807) is 49.6 Å². The molecule has 2 aromatic carbocycles. The van der Waals surface area contributed by atoms with Crippen molar-refractivity contribution in [3.05, 3.63) is 94.7 Å². The molecule has 0 aliphatic carbocycles. The molecular weight excluding hydrogens is 487 g/mol. The number of nitriles is 1. The Morgan fingerprint density at radius 3 is 2.71 bits per heavy atom. The van der Waals surface area contributed by atoms with E-state index in [0.29, 0.717) is 27.8 Å². The maximum Gasteiger partial charge on any atom is 0.266 e. The predicted octanol–water partition coefficient (Wildman–Crippen LogP) is 4.01. The molecule has 0 aliphatic heterocycles. The molecule has 10 nitrogen and oxygen atoms in total. The maximum absolute atomic E-state index is 14.3. The monoisotopic (exact) mass is 508 g/mol. The second kappa shape index (κ2) is 9.94. The number of methoxy groups -OCH3 is 1. The van der Waals surface area contributed by atoms with Crippen molar-refractivity contribution in [3.63, 3.8) is 0 Å². The predicted molar refractivity (Wildman–Crippen MR) is 140 cm³/mol. The minimum atomic E-state index is -0.654. The highest BCUT2D eigenvalue weighted by Gasteiger charge is 2.22. The summed E-state index contributed by atoms with van der Waals surface area (Å²) >= 11 is 0. The van der Waals surface area contributed by atoms with Gasteiger partial charge >= 0.3 is 0 Å². The standard InChI is InChI=1S/C27H21FN8O2/c1-15(33-24-17(11-29)13-32-27(30)35-24)25-34-22-8-4-7-21(16-9-20(38-2)14-31-12-16)23(22)26(37)36(25)19-6-3-5-18(28)10-19/h3-10,12-15H,1-2H3,(H3,30,32,33,35)/t15-/m0/s1. The molecule has 0 saturated heterocycles. The van der Waals surface area contributed by atoms with Gasteiger partial charge in [-0.25, -0.2) is 14.4 Å². The number of nitrogens with one attached hydrogen (secondary N) is 1. The minimum Gasteiger partial charge on any atom is -0.495 e. The van der Waals surface area contributed by atoms with Crippen molar-refractivity contribution in [2.45, 2.75) is 13.0 Å². The SMILES string of the molecule is COc1cncc(-c2cccc3nc([C@H](C)Nc4nc(N)ncc4C#N)n(-c4cccc(F)c4)c(=O)c23)c1. The summed E-state index contributed by atoms with van der Waals surface area (Å²) in [6, 6.07) is 14.1. The summed E-state index contributed by atoms with van der Waals surface area (Å²) < 4.78 is 21.0. The Bertz CT molecular complexity index is 1780. The molecule has 3 heterocycles. The molecule has 38 heavy (non-hydrogen) atoms. The van der Waals surface area contributed by atoms with E-state index in [2.05, 4.69) is 20.3 Å². The van der Waals surface area contributed by atoms with Gasteiger partial charge in [0.05, 0.1) is 42.1 Å². The lowest BCUT2D eigenvalue weighted by atomic mass is 10.0. The molecule has 11 heteroatoms. The highest BCUT2D eigenvalue weighted by Crippen LogP contribution is 2.30. The zero-order chi connectivity index (χ0) is 26.8. The molecule has 5 rings (SSSR count). The molecule has 0 bridgehead atoms. The number of ether oxygens (including phenoxy) is 1. The molecule has 0 unspecified atom stereocenters. The van der Waals surface area contributed by atoms with Gasteiger partial charge in [-0.1, -0.05) is 18.2 Å². The molecule has 1 atom stereocenters. The van der Waals surface area contributed by atoms with Gasteiger partial charge in [0, 0.05) is 11.8 Å². The van der Waals surface area contributed by atoms with Crippen LogP contribution in [0.5, 0.6) is 5.75 Å². The number of pyridine rings is 1. The van der Waals surface area contributed by atoms with E-state index >= 15 is 0 Å². The summed E-state index contributed by atoms with van der Waals surface area (Å²) in [6.45, 7) is 1.75. The Morgan fingerprint density at radius 2 is 1.95 bits per heavy atom. The molecule has 3 N–H and O–H groups in total. The fourth-order valence-electron chi connectivity index (χ4n) is 4.18. The molecule has 0 amide bonds. The van der Waals surface area contributed by atoms with Crippen molar-refractivity contribution in [1.82, 2.24) is 24.5 Å². The van der Waals surface area contributed by atoms with Gasteiger partial charge in [0.25, 0.3) is 5.56 Å². The zero-order valence-electron chi connectivity index (χ0n) is 20.4. The Morgan fingerprint density at radius 1 is 1.13 bits per heavy atom. The highest BCUT2D eigenvalue weighted by molar-refractivity contribution is 5.94. The minimum absolute atomic E-state index is 0.0239. The smallest absolute Gasteiger partial charge is 0.266 e. The molecule has 0 radical (unpaired) electrons. The van der Waals surface area contributed by atoms with Crippen LogP contribution in [0, 0.1) is 17.1 Å². The maximum atomic E-state index is 14.3. The third-order valence-corrected chi connectivity index (χ3v) is 5.92. The van der Waals surface area contributed by atoms with E-state index in [-0.39, 0.29) is 28.8 Å². The summed E-state index contributed by atoms with van der Waals surface area (Å²) in [4.78, 5) is 31.2. The Balaban J connectivity index is 1.76. The second-order valence-corrected chi connectivity index (χ2v) is 8.37. The second-order valence-electron chi connectivity index (χ2n) is 8.37. The van der Waals surface area contributed by atoms with Crippen LogP contribution in [0.25, 0.3) is 27.7 Å². The first kappa shape index (κ1) is 24.3. The first-order valence-corrected chi connectivity index (χ1v) is 11.5. The van der Waals surface area contributed by atoms with E-state index in [1.165, 1.54) is 36.1 Å². The molecule has 0 aliphatic rings. The van der Waals surface area contributed by atoms with Crippen molar-refractivity contribution in [3.8, 4) is 28.6 Å². The Hall–Kier alpha value is -5.37. The van der Waals surface area contributed by atoms with Gasteiger partial charge in [-0.15, -0.1) is 0 Å². The van der Waals surface area contributed by atoms with Crippen LogP contribution in [0.4, 0.5) is 16.2 Å². The summed E-state index contributed by atoms with van der Waals surface area (Å²) in [5.74, 6) is 0.453. The summed E-state index contributed by atoms with van der Waals surface area (Å²) in [5.41, 5.74) is 7.45. The van der Waals surface area contributed by atoms with Gasteiger partial charge in [0.15, 0.2) is 0 Å². The molecule has 0 spiro atoms. The lowest BCUT2D eigenvalue weighted by Gasteiger charge is -2.21. The van der Waals surface area contributed by atoms with E-state index in [9.17, 15) is 14.4 Å². The van der Waals surface area contributed by atoms with E-state index in [4.69, 9.17) is 15.5 Å². The first-order valence-electron chi connectivity index (χ1n) is 11.5. The van der Waals surface area contributed by atoms with Crippen molar-refractivity contribution >= 4 is 22.7 Å². The lowest BCUT2D eigenvalue weighted by Crippen LogP contribution is -2.28. The third-order valence-electron chi connectivity index (χ3n) is 5.92. The number of nitrogens with zero attached hydrogens (tertiary/aromatic N) is 6. The quantitative estimate of drug-likeness (QED) is 0.347. The number of fused-ring (bicyclic) bond motifs is 1. The number of hydrogen-bond donors (Lipinski definition) is 2. The molecule has 0 saturated carbocycles. The largest absolute Gasteiger partial charge is 0.495 e. The average molecular weight is 509 g/mol. The van der Waals surface area contributed by atoms with Gasteiger partial charge in [-0.05, 0) is 42.8 Å². The van der Waals surface area contributed by atoms with Crippen molar-refractivity contribution in [2.24, 2.45) is 0 Å². The number of hydrogen-bond acceptors (Lipinski definition) is 9. The molecular formula is C27H21FN8O2. The number of benzene rings is 2. The van der Waals surface area contributed by atoms with Crippen molar-refractivity contribution in [1.29, 1.82) is 5.26 Å². The molecule has 3 aromatic heterocycles. The molecule has 5 aromatic rings. The fraction of sp³-hybridized carbons (Fsp3) is 0.111. The number of halogens is 1. The van der Waals surface area contributed by atoms with Crippen LogP contribution in [0.15, 0.2) is 71.9 Å². The number of anilines is 2. The summed E-state index contributed by atoms with van der Waals surface area (Å²) in [6.07, 6.45) is 4.50. The fourth-order valence-corrected chi connectivity index (χ4v) is 4.18. The van der Waals surface area contributed by atoms with Crippen LogP contribution >= 0.6 is 0 Å². The van der Waals surface area contributed by atoms with E-state index in [0.717, 1.165) is 0 Å². The van der Waals surface area contributed by atoms with Crippen LogP contribution in [-0.2, 0) is 0 Å².